The van der Waals surface area contributed by atoms with Gasteiger partial charge >= 0.3 is 12.2 Å². The number of carbonyl (C=O) groups excluding carboxylic acids is 2. The van der Waals surface area contributed by atoms with Crippen molar-refractivity contribution in [3.8, 4) is 22.3 Å². The molecule has 18 heteroatoms. The van der Waals surface area contributed by atoms with Gasteiger partial charge in [-0.3, -0.25) is 0 Å². The quantitative estimate of drug-likeness (QED) is 0.173. The number of piperidine rings is 2. The summed E-state index contributed by atoms with van der Waals surface area (Å²) in [6.07, 6.45) is 6.68. The van der Waals surface area contributed by atoms with Crippen LogP contribution in [0.2, 0.25) is 0 Å². The number of hydrogen-bond donors (Lipinski definition) is 2. The first-order valence-electron chi connectivity index (χ1n) is 19.6. The standard InChI is InChI=1S/C21H26BrN5O2S.C20H24BrN5O2S/c1-12-8-14(11-30-12)15-9-24-27-18(23)16(22)17(25-19(15)27)13-6-5-7-26(10-13)20(28)29-21(2,3)4;1-20(2,3)28-19(27)25-7-4-5-12(10-25)16-15(21)17(22)26-18(24-16)14(9-23-26)13-6-8-29-11-13/h8-9,11,13H,5-7,10,23H2,1-4H3;6,8-9,11-12H,4-5,7,10,22H2,1-3H3. The van der Waals surface area contributed by atoms with E-state index in [0.717, 1.165) is 79.6 Å². The second-order valence-corrected chi connectivity index (χ2v) is 20.5. The molecule has 6 aromatic rings. The Morgan fingerprint density at radius 1 is 0.763 bits per heavy atom. The highest BCUT2D eigenvalue weighted by Crippen LogP contribution is 2.39. The highest BCUT2D eigenvalue weighted by atomic mass is 79.9. The number of thiophene rings is 2. The molecule has 14 nitrogen and oxygen atoms in total. The van der Waals surface area contributed by atoms with E-state index in [4.69, 9.17) is 30.9 Å². The van der Waals surface area contributed by atoms with Gasteiger partial charge in [0.1, 0.15) is 22.8 Å². The maximum Gasteiger partial charge on any atom is 0.410 e. The van der Waals surface area contributed by atoms with Crippen LogP contribution < -0.4 is 11.5 Å². The van der Waals surface area contributed by atoms with E-state index >= 15 is 0 Å². The Hall–Kier alpha value is -4.26. The van der Waals surface area contributed by atoms with Crippen LogP contribution in [0.1, 0.15) is 95.3 Å². The summed E-state index contributed by atoms with van der Waals surface area (Å²) in [4.78, 5) is 39.8. The van der Waals surface area contributed by atoms with Crippen LogP contribution in [0.15, 0.2) is 49.6 Å². The van der Waals surface area contributed by atoms with E-state index in [0.29, 0.717) is 37.8 Å². The predicted octanol–water partition coefficient (Wildman–Crippen LogP) is 10.1. The number of hydrogen-bond acceptors (Lipinski definition) is 12. The van der Waals surface area contributed by atoms with E-state index in [2.05, 4.69) is 65.8 Å². The SMILES string of the molecule is CC(C)(C)OC(=O)N1CCCC(c2nc3c(-c4ccsc4)cnn3c(N)c2Br)C1.Cc1cc(-c2cnn3c(N)c(Br)c(C4CCCN(C(=O)OC(C)(C)C)C4)nc23)cs1. The van der Waals surface area contributed by atoms with Gasteiger partial charge in [0, 0.05) is 54.0 Å². The number of nitrogen functional groups attached to an aromatic ring is 2. The topological polar surface area (TPSA) is 172 Å². The first-order valence-corrected chi connectivity index (χ1v) is 23.0. The average Bonchev–Trinajstić information content (AvgIpc) is 4.01. The molecule has 6 aromatic heterocycles. The summed E-state index contributed by atoms with van der Waals surface area (Å²) < 4.78 is 15.9. The Kier molecular flexibility index (Phi) is 12.4. The van der Waals surface area contributed by atoms with E-state index in [9.17, 15) is 9.59 Å². The number of carbonyl (C=O) groups is 2. The van der Waals surface area contributed by atoms with Gasteiger partial charge in [-0.1, -0.05) is 0 Å². The number of likely N-dealkylation sites (tertiary alicyclic amines) is 2. The average molecular weight is 971 g/mol. The van der Waals surface area contributed by atoms with E-state index in [1.165, 1.54) is 4.88 Å². The minimum absolute atomic E-state index is 0.0694. The minimum atomic E-state index is -0.517. The van der Waals surface area contributed by atoms with Crippen LogP contribution in [-0.2, 0) is 9.47 Å². The lowest BCUT2D eigenvalue weighted by Crippen LogP contribution is -2.42. The zero-order valence-corrected chi connectivity index (χ0v) is 39.1. The normalized spacial score (nSPS) is 17.6. The minimum Gasteiger partial charge on any atom is -0.444 e. The summed E-state index contributed by atoms with van der Waals surface area (Å²) in [5, 5.41) is 15.1. The first kappa shape index (κ1) is 42.8. The van der Waals surface area contributed by atoms with Crippen LogP contribution in [0.3, 0.4) is 0 Å². The first-order chi connectivity index (χ1) is 27.9. The van der Waals surface area contributed by atoms with E-state index in [1.54, 1.807) is 47.7 Å². The molecule has 2 fully saturated rings. The molecule has 0 aliphatic carbocycles. The Bertz CT molecular complexity index is 2480. The molecule has 2 aliphatic rings. The van der Waals surface area contributed by atoms with Crippen molar-refractivity contribution in [3.05, 3.63) is 65.9 Å². The number of halogens is 2. The third-order valence-electron chi connectivity index (χ3n) is 10.1. The summed E-state index contributed by atoms with van der Waals surface area (Å²) in [6.45, 7) is 15.8. The lowest BCUT2D eigenvalue weighted by molar-refractivity contribution is 0.0187. The van der Waals surface area contributed by atoms with Crippen molar-refractivity contribution in [2.75, 3.05) is 37.6 Å². The molecule has 2 unspecified atom stereocenters. The third kappa shape index (κ3) is 9.40. The number of amides is 2. The number of aromatic nitrogens is 6. The number of fused-ring (bicyclic) bond motifs is 2. The van der Waals surface area contributed by atoms with Crippen molar-refractivity contribution in [2.24, 2.45) is 0 Å². The van der Waals surface area contributed by atoms with Crippen molar-refractivity contribution in [3.63, 3.8) is 0 Å². The smallest absolute Gasteiger partial charge is 0.410 e. The molecule has 8 heterocycles. The summed E-state index contributed by atoms with van der Waals surface area (Å²) in [5.74, 6) is 1.17. The lowest BCUT2D eigenvalue weighted by atomic mass is 9.94. The van der Waals surface area contributed by atoms with Gasteiger partial charge in [-0.15, -0.1) is 11.3 Å². The summed E-state index contributed by atoms with van der Waals surface area (Å²) >= 11 is 10.6. The Labute approximate surface area is 368 Å². The van der Waals surface area contributed by atoms with Crippen LogP contribution in [0.25, 0.3) is 33.5 Å². The van der Waals surface area contributed by atoms with Crippen molar-refractivity contribution >= 4 is 89.7 Å². The van der Waals surface area contributed by atoms with E-state index < -0.39 is 11.2 Å². The summed E-state index contributed by atoms with van der Waals surface area (Å²) in [7, 11) is 0. The van der Waals surface area contributed by atoms with Crippen molar-refractivity contribution < 1.29 is 19.1 Å². The van der Waals surface area contributed by atoms with Gasteiger partial charge in [-0.05, 0) is 145 Å². The molecule has 2 amide bonds. The summed E-state index contributed by atoms with van der Waals surface area (Å²) in [5.41, 5.74) is 19.0. The fourth-order valence-corrected chi connectivity index (χ4v) is 9.88. The fraction of sp³-hybridized carbons (Fsp3) is 0.463. The van der Waals surface area contributed by atoms with Gasteiger partial charge in [-0.2, -0.15) is 30.6 Å². The predicted molar refractivity (Wildman–Crippen MR) is 241 cm³/mol. The monoisotopic (exact) mass is 968 g/mol. The zero-order chi connectivity index (χ0) is 42.4. The highest BCUT2D eigenvalue weighted by molar-refractivity contribution is 9.11. The number of rotatable bonds is 4. The number of nitrogens with zero attached hydrogens (tertiary/aromatic N) is 8. The van der Waals surface area contributed by atoms with Crippen LogP contribution in [-0.4, -0.2) is 88.6 Å². The van der Waals surface area contributed by atoms with Gasteiger partial charge in [-0.25, -0.2) is 19.6 Å². The molecular formula is C41H50Br2N10O4S2. The van der Waals surface area contributed by atoms with E-state index in [1.807, 2.05) is 59.2 Å². The molecular weight excluding hydrogens is 920 g/mol. The number of anilines is 2. The molecule has 0 saturated carbocycles. The van der Waals surface area contributed by atoms with Gasteiger partial charge in [0.15, 0.2) is 11.3 Å². The number of aryl methyl sites for hydroxylation is 1. The maximum atomic E-state index is 12.6. The molecule has 59 heavy (non-hydrogen) atoms. The van der Waals surface area contributed by atoms with Crippen molar-refractivity contribution in [1.82, 2.24) is 39.0 Å². The molecule has 2 saturated heterocycles. The second-order valence-electron chi connectivity index (χ2n) is 17.0. The molecule has 0 spiro atoms. The van der Waals surface area contributed by atoms with Gasteiger partial charge in [0.05, 0.1) is 32.7 Å². The lowest BCUT2D eigenvalue weighted by Gasteiger charge is -2.34. The Balaban J connectivity index is 0.000000179. The third-order valence-corrected chi connectivity index (χ3v) is 13.3. The van der Waals surface area contributed by atoms with Crippen LogP contribution >= 0.6 is 54.5 Å². The Morgan fingerprint density at radius 2 is 1.24 bits per heavy atom. The van der Waals surface area contributed by atoms with Crippen LogP contribution in [0, 0.1) is 6.92 Å². The van der Waals surface area contributed by atoms with Crippen LogP contribution in [0.4, 0.5) is 21.2 Å². The van der Waals surface area contributed by atoms with Crippen LogP contribution in [0.5, 0.6) is 0 Å². The molecule has 314 valence electrons. The molecule has 0 bridgehead atoms. The molecule has 2 atom stereocenters. The van der Waals surface area contributed by atoms with Gasteiger partial charge < -0.3 is 30.7 Å². The highest BCUT2D eigenvalue weighted by Gasteiger charge is 2.33. The molecule has 4 N–H and O–H groups in total. The number of nitrogens with two attached hydrogens (primary N) is 2. The van der Waals surface area contributed by atoms with Gasteiger partial charge in [0.2, 0.25) is 0 Å². The van der Waals surface area contributed by atoms with Crippen molar-refractivity contribution in [1.29, 1.82) is 0 Å². The molecule has 8 rings (SSSR count). The molecule has 0 radical (unpaired) electrons. The number of ether oxygens (including phenoxy) is 2. The summed E-state index contributed by atoms with van der Waals surface area (Å²) in [6, 6.07) is 4.18. The maximum absolute atomic E-state index is 12.6. The molecule has 0 aromatic carbocycles. The van der Waals surface area contributed by atoms with E-state index in [-0.39, 0.29) is 24.0 Å². The Morgan fingerprint density at radius 3 is 1.64 bits per heavy atom. The van der Waals surface area contributed by atoms with Crippen molar-refractivity contribution in [2.45, 2.75) is 97.2 Å². The fourth-order valence-electron chi connectivity index (χ4n) is 7.36. The second kappa shape index (κ2) is 17.0. The van der Waals surface area contributed by atoms with Gasteiger partial charge in [0.25, 0.3) is 0 Å². The zero-order valence-electron chi connectivity index (χ0n) is 34.3. The largest absolute Gasteiger partial charge is 0.444 e. The molecule has 2 aliphatic heterocycles.